The van der Waals surface area contributed by atoms with E-state index in [9.17, 15) is 9.59 Å². The Morgan fingerprint density at radius 1 is 1.12 bits per heavy atom. The second-order valence-electron chi connectivity index (χ2n) is 7.21. The second kappa shape index (κ2) is 11.3. The lowest BCUT2D eigenvalue weighted by molar-refractivity contribution is 0.102. The number of pyridine rings is 1. The first kappa shape index (κ1) is 24.0. The largest absolute Gasteiger partial charge is 0.495 e. The van der Waals surface area contributed by atoms with E-state index in [0.717, 1.165) is 12.1 Å². The third-order valence-corrected chi connectivity index (χ3v) is 4.94. The molecule has 0 atom stereocenters. The maximum atomic E-state index is 13.0. The van der Waals surface area contributed by atoms with E-state index in [1.807, 2.05) is 14.0 Å². The highest BCUT2D eigenvalue weighted by Gasteiger charge is 2.19. The van der Waals surface area contributed by atoms with Crippen molar-refractivity contribution in [2.24, 2.45) is 5.10 Å². The Kier molecular flexibility index (Phi) is 7.97. The lowest BCUT2D eigenvalue weighted by atomic mass is 10.1. The highest BCUT2D eigenvalue weighted by Crippen LogP contribution is 2.29. The van der Waals surface area contributed by atoms with E-state index in [0.29, 0.717) is 22.7 Å². The summed E-state index contributed by atoms with van der Waals surface area (Å²) >= 11 is 0. The molecule has 34 heavy (non-hydrogen) atoms. The van der Waals surface area contributed by atoms with Gasteiger partial charge in [-0.2, -0.15) is 5.10 Å². The Bertz CT molecular complexity index is 1230. The van der Waals surface area contributed by atoms with Crippen molar-refractivity contribution < 1.29 is 14.3 Å². The molecule has 8 heteroatoms. The monoisotopic (exact) mass is 455 g/mol. The van der Waals surface area contributed by atoms with Crippen LogP contribution in [0.5, 0.6) is 5.75 Å². The van der Waals surface area contributed by atoms with Crippen LogP contribution in [0.25, 0.3) is 0 Å². The number of nitrogens with zero attached hydrogens (tertiary/aromatic N) is 3. The van der Waals surface area contributed by atoms with Crippen LogP contribution in [0.4, 0.5) is 11.5 Å². The predicted molar refractivity (Wildman–Crippen MR) is 133 cm³/mol. The van der Waals surface area contributed by atoms with Gasteiger partial charge in [0.15, 0.2) is 0 Å². The molecule has 8 nitrogen and oxygen atoms in total. The molecular formula is C26H25N5O3. The number of hydrogen-bond acceptors (Lipinski definition) is 6. The van der Waals surface area contributed by atoms with Gasteiger partial charge in [0.05, 0.1) is 24.6 Å². The molecule has 172 valence electrons. The molecule has 0 aliphatic heterocycles. The molecule has 1 aromatic heterocycles. The summed E-state index contributed by atoms with van der Waals surface area (Å²) in [6.07, 6.45) is 8.54. The van der Waals surface area contributed by atoms with Gasteiger partial charge in [0.2, 0.25) is 0 Å². The van der Waals surface area contributed by atoms with Gasteiger partial charge < -0.3 is 20.4 Å². The van der Waals surface area contributed by atoms with Crippen LogP contribution in [0, 0.1) is 12.3 Å². The Morgan fingerprint density at radius 2 is 1.88 bits per heavy atom. The van der Waals surface area contributed by atoms with Crippen molar-refractivity contribution in [3.63, 3.8) is 0 Å². The number of ether oxygens (including phenoxy) is 1. The smallest absolute Gasteiger partial charge is 0.259 e. The molecule has 0 saturated heterocycles. The summed E-state index contributed by atoms with van der Waals surface area (Å²) in [5.74, 6) is 2.31. The van der Waals surface area contributed by atoms with E-state index in [1.54, 1.807) is 65.8 Å². The SMILES string of the molecule is C#Cc1ccc(NC(=O)c2cccc(OC)c2NC(=O)c2ccc(C=NN(C)CC)cc2)nc1. The number of aromatic nitrogens is 1. The first-order valence-electron chi connectivity index (χ1n) is 10.5. The summed E-state index contributed by atoms with van der Waals surface area (Å²) in [5.41, 5.74) is 2.36. The zero-order valence-electron chi connectivity index (χ0n) is 19.2. The summed E-state index contributed by atoms with van der Waals surface area (Å²) in [4.78, 5) is 30.0. The molecule has 0 unspecified atom stereocenters. The number of nitrogens with one attached hydrogen (secondary N) is 2. The van der Waals surface area contributed by atoms with Crippen molar-refractivity contribution in [1.29, 1.82) is 0 Å². The highest BCUT2D eigenvalue weighted by molar-refractivity contribution is 6.13. The number of anilines is 2. The molecule has 1 heterocycles. The van der Waals surface area contributed by atoms with Crippen LogP contribution in [0.3, 0.4) is 0 Å². The van der Waals surface area contributed by atoms with Crippen molar-refractivity contribution in [3.8, 4) is 18.1 Å². The zero-order valence-corrected chi connectivity index (χ0v) is 19.2. The number of para-hydroxylation sites is 1. The topological polar surface area (TPSA) is 95.9 Å². The van der Waals surface area contributed by atoms with Crippen LogP contribution in [0.15, 0.2) is 65.9 Å². The number of methoxy groups -OCH3 is 1. The van der Waals surface area contributed by atoms with Crippen LogP contribution in [-0.4, -0.2) is 48.7 Å². The van der Waals surface area contributed by atoms with Gasteiger partial charge in [-0.25, -0.2) is 4.98 Å². The summed E-state index contributed by atoms with van der Waals surface area (Å²) in [5, 5.41) is 11.6. The third kappa shape index (κ3) is 5.99. The van der Waals surface area contributed by atoms with Crippen LogP contribution < -0.4 is 15.4 Å². The fourth-order valence-electron chi connectivity index (χ4n) is 2.91. The van der Waals surface area contributed by atoms with E-state index in [2.05, 4.69) is 26.6 Å². The van der Waals surface area contributed by atoms with Crippen LogP contribution in [-0.2, 0) is 0 Å². The second-order valence-corrected chi connectivity index (χ2v) is 7.21. The molecule has 0 aliphatic carbocycles. The number of rotatable bonds is 8. The summed E-state index contributed by atoms with van der Waals surface area (Å²) in [6.45, 7) is 2.79. The molecule has 0 spiro atoms. The van der Waals surface area contributed by atoms with Gasteiger partial charge in [-0.1, -0.05) is 24.1 Å². The molecular weight excluding hydrogens is 430 g/mol. The standard InChI is InChI=1S/C26H25N5O3/c1-5-18-12-15-23(27-16-18)29-26(33)21-8-7-9-22(34-4)24(21)30-25(32)20-13-10-19(11-14-20)17-28-31(3)6-2/h1,7-17H,6H2,2-4H3,(H,30,32)(H,27,29,33). The lowest BCUT2D eigenvalue weighted by Crippen LogP contribution is -2.19. The first-order chi connectivity index (χ1) is 16.4. The Balaban J connectivity index is 1.80. The fourth-order valence-corrected chi connectivity index (χ4v) is 2.91. The molecule has 0 bridgehead atoms. The normalized spacial score (nSPS) is 10.4. The van der Waals surface area contributed by atoms with E-state index in [-0.39, 0.29) is 17.2 Å². The average molecular weight is 456 g/mol. The van der Waals surface area contributed by atoms with Gasteiger partial charge in [0.1, 0.15) is 11.6 Å². The van der Waals surface area contributed by atoms with Gasteiger partial charge in [-0.05, 0) is 48.9 Å². The molecule has 2 N–H and O–H groups in total. The summed E-state index contributed by atoms with van der Waals surface area (Å²) in [6, 6.07) is 15.2. The quantitative estimate of drug-likeness (QED) is 0.306. The number of carbonyl (C=O) groups excluding carboxylic acids is 2. The first-order valence-corrected chi connectivity index (χ1v) is 10.5. The number of benzene rings is 2. The lowest BCUT2D eigenvalue weighted by Gasteiger charge is -2.15. The van der Waals surface area contributed by atoms with Crippen molar-refractivity contribution in [1.82, 2.24) is 9.99 Å². The van der Waals surface area contributed by atoms with Gasteiger partial charge in [-0.15, -0.1) is 6.42 Å². The minimum absolute atomic E-state index is 0.224. The van der Waals surface area contributed by atoms with E-state index < -0.39 is 5.91 Å². The molecule has 3 aromatic rings. The van der Waals surface area contributed by atoms with Crippen LogP contribution in [0.1, 0.15) is 38.8 Å². The predicted octanol–water partition coefficient (Wildman–Crippen LogP) is 3.86. The maximum Gasteiger partial charge on any atom is 0.259 e. The third-order valence-electron chi connectivity index (χ3n) is 4.94. The summed E-state index contributed by atoms with van der Waals surface area (Å²) in [7, 11) is 3.34. The Labute approximate surface area is 198 Å². The fraction of sp³-hybridized carbons (Fsp3) is 0.154. The number of terminal acetylenes is 1. The van der Waals surface area contributed by atoms with Gasteiger partial charge >= 0.3 is 0 Å². The van der Waals surface area contributed by atoms with Crippen LogP contribution in [0.2, 0.25) is 0 Å². The average Bonchev–Trinajstić information content (AvgIpc) is 2.87. The molecule has 0 saturated carbocycles. The molecule has 2 aromatic carbocycles. The van der Waals surface area contributed by atoms with Crippen molar-refractivity contribution >= 4 is 29.5 Å². The minimum atomic E-state index is -0.457. The molecule has 0 radical (unpaired) electrons. The number of hydrazone groups is 1. The minimum Gasteiger partial charge on any atom is -0.495 e. The van der Waals surface area contributed by atoms with E-state index >= 15 is 0 Å². The van der Waals surface area contributed by atoms with Crippen LogP contribution >= 0.6 is 0 Å². The number of amides is 2. The van der Waals surface area contributed by atoms with Crippen molar-refractivity contribution in [2.45, 2.75) is 6.92 Å². The molecule has 3 rings (SSSR count). The van der Waals surface area contributed by atoms with E-state index in [1.165, 1.54) is 13.3 Å². The molecule has 2 amide bonds. The van der Waals surface area contributed by atoms with Gasteiger partial charge in [0, 0.05) is 30.9 Å². The molecule has 0 fully saturated rings. The zero-order chi connectivity index (χ0) is 24.5. The Hall–Kier alpha value is -4.64. The number of hydrogen-bond donors (Lipinski definition) is 2. The number of carbonyl (C=O) groups is 2. The summed E-state index contributed by atoms with van der Waals surface area (Å²) < 4.78 is 5.38. The van der Waals surface area contributed by atoms with Gasteiger partial charge in [-0.3, -0.25) is 9.59 Å². The van der Waals surface area contributed by atoms with Crippen molar-refractivity contribution in [3.05, 3.63) is 83.0 Å². The molecule has 0 aliphatic rings. The highest BCUT2D eigenvalue weighted by atomic mass is 16.5. The Morgan fingerprint density at radius 3 is 2.50 bits per heavy atom. The van der Waals surface area contributed by atoms with Gasteiger partial charge in [0.25, 0.3) is 11.8 Å². The van der Waals surface area contributed by atoms with Crippen molar-refractivity contribution in [2.75, 3.05) is 31.3 Å². The maximum absolute atomic E-state index is 13.0. The van der Waals surface area contributed by atoms with E-state index in [4.69, 9.17) is 11.2 Å².